The van der Waals surface area contributed by atoms with Gasteiger partial charge in [-0.1, -0.05) is 26.7 Å². The molecule has 1 aromatic rings. The number of aromatic nitrogens is 2. The molecule has 1 fully saturated rings. The van der Waals surface area contributed by atoms with Gasteiger partial charge in [0.05, 0.1) is 4.92 Å². The van der Waals surface area contributed by atoms with Gasteiger partial charge < -0.3 is 10.6 Å². The van der Waals surface area contributed by atoms with Crippen LogP contribution < -0.4 is 10.6 Å². The van der Waals surface area contributed by atoms with Gasteiger partial charge in [-0.05, 0) is 25.7 Å². The predicted molar refractivity (Wildman–Crippen MR) is 82.3 cm³/mol. The fourth-order valence-electron chi connectivity index (χ4n) is 3.00. The van der Waals surface area contributed by atoms with Gasteiger partial charge in [0, 0.05) is 12.6 Å². The van der Waals surface area contributed by atoms with Gasteiger partial charge in [0.1, 0.15) is 5.69 Å². The summed E-state index contributed by atoms with van der Waals surface area (Å²) < 4.78 is 0. The number of rotatable bonds is 5. The smallest absolute Gasteiger partial charge is 0.332 e. The Labute approximate surface area is 124 Å². The van der Waals surface area contributed by atoms with Gasteiger partial charge in [0.15, 0.2) is 0 Å². The van der Waals surface area contributed by atoms with Crippen LogP contribution in [0.1, 0.15) is 45.2 Å². The van der Waals surface area contributed by atoms with Crippen molar-refractivity contribution in [2.45, 2.75) is 52.5 Å². The van der Waals surface area contributed by atoms with E-state index < -0.39 is 4.92 Å². The quantitative estimate of drug-likeness (QED) is 0.662. The highest BCUT2D eigenvalue weighted by Crippen LogP contribution is 2.35. The van der Waals surface area contributed by atoms with Gasteiger partial charge >= 0.3 is 5.69 Å². The Kier molecular flexibility index (Phi) is 4.59. The molecule has 0 bridgehead atoms. The first-order chi connectivity index (χ1) is 9.90. The van der Waals surface area contributed by atoms with Crippen LogP contribution in [0.2, 0.25) is 0 Å². The summed E-state index contributed by atoms with van der Waals surface area (Å²) >= 11 is 0. The number of aryl methyl sites for hydroxylation is 1. The van der Waals surface area contributed by atoms with E-state index in [1.54, 1.807) is 6.92 Å². The van der Waals surface area contributed by atoms with Crippen LogP contribution in [0.5, 0.6) is 0 Å². The summed E-state index contributed by atoms with van der Waals surface area (Å²) in [5, 5.41) is 11.4. The first-order valence-corrected chi connectivity index (χ1v) is 7.45. The first kappa shape index (κ1) is 15.5. The summed E-state index contributed by atoms with van der Waals surface area (Å²) in [5.74, 6) is 0.868. The van der Waals surface area contributed by atoms with E-state index in [0.29, 0.717) is 23.5 Å². The highest BCUT2D eigenvalue weighted by atomic mass is 16.6. The lowest BCUT2D eigenvalue weighted by Crippen LogP contribution is -2.37. The van der Waals surface area contributed by atoms with Crippen molar-refractivity contribution in [1.29, 1.82) is 0 Å². The number of nitrogens with two attached hydrogens (primary N) is 1. The number of hydrogen-bond donors (Lipinski definition) is 1. The Bertz CT molecular complexity index is 526. The SMILES string of the molecule is Cc1nc(N)nc(N(CC(C)C)C2CCCC2)c1[N+](=O)[O-]. The maximum atomic E-state index is 11.4. The van der Waals surface area contributed by atoms with Crippen molar-refractivity contribution < 1.29 is 4.92 Å². The van der Waals surface area contributed by atoms with E-state index in [1.165, 1.54) is 0 Å². The Hall–Kier alpha value is -1.92. The Morgan fingerprint density at radius 2 is 2.00 bits per heavy atom. The molecule has 7 nitrogen and oxygen atoms in total. The van der Waals surface area contributed by atoms with Crippen molar-refractivity contribution in [3.63, 3.8) is 0 Å². The summed E-state index contributed by atoms with van der Waals surface area (Å²) in [7, 11) is 0. The minimum atomic E-state index is -0.396. The van der Waals surface area contributed by atoms with Gasteiger partial charge in [-0.15, -0.1) is 0 Å². The zero-order valence-electron chi connectivity index (χ0n) is 12.9. The monoisotopic (exact) mass is 293 g/mol. The standard InChI is InChI=1S/C14H23N5O2/c1-9(2)8-18(11-6-4-5-7-11)13-12(19(20)21)10(3)16-14(15)17-13/h9,11H,4-8H2,1-3H3,(H2,15,16,17). The molecule has 0 amide bonds. The van der Waals surface area contributed by atoms with Crippen LogP contribution in [-0.2, 0) is 0 Å². The number of nitrogens with zero attached hydrogens (tertiary/aromatic N) is 4. The zero-order valence-corrected chi connectivity index (χ0v) is 12.9. The van der Waals surface area contributed by atoms with Gasteiger partial charge in [-0.2, -0.15) is 4.98 Å². The second-order valence-corrected chi connectivity index (χ2v) is 6.08. The van der Waals surface area contributed by atoms with Crippen molar-refractivity contribution >= 4 is 17.5 Å². The summed E-state index contributed by atoms with van der Waals surface area (Å²) in [6.45, 7) is 6.56. The van der Waals surface area contributed by atoms with E-state index in [9.17, 15) is 10.1 Å². The highest BCUT2D eigenvalue weighted by molar-refractivity contribution is 5.62. The fourth-order valence-corrected chi connectivity index (χ4v) is 3.00. The molecule has 0 unspecified atom stereocenters. The predicted octanol–water partition coefficient (Wildman–Crippen LogP) is 2.68. The van der Waals surface area contributed by atoms with E-state index in [2.05, 4.69) is 28.7 Å². The molecule has 0 radical (unpaired) electrons. The summed E-state index contributed by atoms with van der Waals surface area (Å²) in [4.78, 5) is 21.2. The van der Waals surface area contributed by atoms with Gasteiger partial charge in [-0.25, -0.2) is 4.98 Å². The molecule has 1 aromatic heterocycles. The molecule has 0 saturated heterocycles. The molecule has 2 rings (SSSR count). The van der Waals surface area contributed by atoms with Crippen LogP contribution in [-0.4, -0.2) is 27.5 Å². The summed E-state index contributed by atoms with van der Waals surface area (Å²) in [6.07, 6.45) is 4.42. The average Bonchev–Trinajstić information content (AvgIpc) is 2.87. The normalized spacial score (nSPS) is 15.6. The Morgan fingerprint density at radius 3 is 2.52 bits per heavy atom. The number of nitrogen functional groups attached to an aromatic ring is 1. The van der Waals surface area contributed by atoms with Crippen molar-refractivity contribution in [3.8, 4) is 0 Å². The molecule has 116 valence electrons. The van der Waals surface area contributed by atoms with Crippen molar-refractivity contribution in [2.75, 3.05) is 17.2 Å². The molecule has 0 spiro atoms. The highest BCUT2D eigenvalue weighted by Gasteiger charge is 2.32. The summed E-state index contributed by atoms with van der Waals surface area (Å²) in [5.41, 5.74) is 6.04. The third kappa shape index (κ3) is 3.40. The molecule has 1 saturated carbocycles. The topological polar surface area (TPSA) is 98.2 Å². The van der Waals surface area contributed by atoms with Crippen molar-refractivity contribution in [2.24, 2.45) is 5.92 Å². The minimum absolute atomic E-state index is 0.0169. The van der Waals surface area contributed by atoms with Crippen LogP contribution in [0.4, 0.5) is 17.5 Å². The second kappa shape index (κ2) is 6.24. The van der Waals surface area contributed by atoms with Gasteiger partial charge in [-0.3, -0.25) is 10.1 Å². The maximum Gasteiger partial charge on any atom is 0.332 e. The Balaban J connectivity index is 2.49. The molecule has 1 aliphatic rings. The van der Waals surface area contributed by atoms with Gasteiger partial charge in [0.25, 0.3) is 0 Å². The molecule has 2 N–H and O–H groups in total. The third-order valence-electron chi connectivity index (χ3n) is 3.84. The lowest BCUT2D eigenvalue weighted by molar-refractivity contribution is -0.385. The molecular formula is C14H23N5O2. The van der Waals surface area contributed by atoms with Crippen LogP contribution in [0.3, 0.4) is 0 Å². The molecule has 1 heterocycles. The van der Waals surface area contributed by atoms with E-state index in [-0.39, 0.29) is 11.6 Å². The Morgan fingerprint density at radius 1 is 1.38 bits per heavy atom. The fraction of sp³-hybridized carbons (Fsp3) is 0.714. The lowest BCUT2D eigenvalue weighted by Gasteiger charge is -2.31. The first-order valence-electron chi connectivity index (χ1n) is 7.45. The maximum absolute atomic E-state index is 11.4. The number of anilines is 2. The van der Waals surface area contributed by atoms with E-state index in [1.807, 2.05) is 0 Å². The molecule has 21 heavy (non-hydrogen) atoms. The van der Waals surface area contributed by atoms with Crippen molar-refractivity contribution in [1.82, 2.24) is 9.97 Å². The minimum Gasteiger partial charge on any atom is -0.368 e. The zero-order chi connectivity index (χ0) is 15.6. The van der Waals surface area contributed by atoms with Crippen LogP contribution in [0.25, 0.3) is 0 Å². The number of nitro groups is 1. The van der Waals surface area contributed by atoms with Crippen LogP contribution in [0, 0.1) is 23.0 Å². The molecular weight excluding hydrogens is 270 g/mol. The average molecular weight is 293 g/mol. The lowest BCUT2D eigenvalue weighted by atomic mass is 10.1. The number of hydrogen-bond acceptors (Lipinski definition) is 6. The van der Waals surface area contributed by atoms with Crippen molar-refractivity contribution in [3.05, 3.63) is 15.8 Å². The van der Waals surface area contributed by atoms with Crippen LogP contribution >= 0.6 is 0 Å². The van der Waals surface area contributed by atoms with Gasteiger partial charge in [0.2, 0.25) is 11.8 Å². The van der Waals surface area contributed by atoms with E-state index in [0.717, 1.165) is 32.2 Å². The van der Waals surface area contributed by atoms with E-state index >= 15 is 0 Å². The van der Waals surface area contributed by atoms with Crippen LogP contribution in [0.15, 0.2) is 0 Å². The molecule has 0 aliphatic heterocycles. The van der Waals surface area contributed by atoms with E-state index in [4.69, 9.17) is 5.73 Å². The third-order valence-corrected chi connectivity index (χ3v) is 3.84. The second-order valence-electron chi connectivity index (χ2n) is 6.08. The molecule has 1 aliphatic carbocycles. The summed E-state index contributed by atoms with van der Waals surface area (Å²) in [6, 6.07) is 0.305. The molecule has 0 atom stereocenters. The largest absolute Gasteiger partial charge is 0.368 e. The molecule has 7 heteroatoms. The molecule has 0 aromatic carbocycles.